The standard InChI is InChI=1S/C14H12F2N2O2/c15-11-3-2-9(6-10(11)14(17)20)18-7-8-1-4-13(19)12(16)5-8/h1-6,18-19H,7H2,(H2,17,20). The van der Waals surface area contributed by atoms with E-state index in [2.05, 4.69) is 5.32 Å². The molecule has 0 fully saturated rings. The Labute approximate surface area is 113 Å². The fraction of sp³-hybridized carbons (Fsp3) is 0.0714. The minimum atomic E-state index is -0.859. The van der Waals surface area contributed by atoms with E-state index in [1.165, 1.54) is 24.3 Å². The Bertz CT molecular complexity index is 660. The summed E-state index contributed by atoms with van der Waals surface area (Å²) in [4.78, 5) is 11.0. The van der Waals surface area contributed by atoms with Gasteiger partial charge in [-0.25, -0.2) is 8.78 Å². The van der Waals surface area contributed by atoms with Crippen molar-refractivity contribution in [2.24, 2.45) is 5.73 Å². The molecule has 2 aromatic carbocycles. The van der Waals surface area contributed by atoms with Gasteiger partial charge in [-0.1, -0.05) is 6.07 Å². The smallest absolute Gasteiger partial charge is 0.251 e. The van der Waals surface area contributed by atoms with E-state index < -0.39 is 23.3 Å². The first-order valence-corrected chi connectivity index (χ1v) is 5.78. The van der Waals surface area contributed by atoms with Crippen LogP contribution in [-0.4, -0.2) is 11.0 Å². The van der Waals surface area contributed by atoms with Crippen LogP contribution >= 0.6 is 0 Å². The number of carbonyl (C=O) groups excluding carboxylic acids is 1. The van der Waals surface area contributed by atoms with Gasteiger partial charge in [0.15, 0.2) is 11.6 Å². The van der Waals surface area contributed by atoms with Gasteiger partial charge < -0.3 is 16.2 Å². The highest BCUT2D eigenvalue weighted by Gasteiger charge is 2.09. The van der Waals surface area contributed by atoms with E-state index in [0.29, 0.717) is 11.3 Å². The van der Waals surface area contributed by atoms with Gasteiger partial charge in [-0.2, -0.15) is 0 Å². The molecule has 6 heteroatoms. The van der Waals surface area contributed by atoms with Crippen LogP contribution < -0.4 is 11.1 Å². The van der Waals surface area contributed by atoms with Gasteiger partial charge in [0.2, 0.25) is 0 Å². The second-order valence-electron chi connectivity index (χ2n) is 4.20. The lowest BCUT2D eigenvalue weighted by atomic mass is 10.1. The van der Waals surface area contributed by atoms with Crippen molar-refractivity contribution in [2.75, 3.05) is 5.32 Å². The largest absolute Gasteiger partial charge is 0.505 e. The summed E-state index contributed by atoms with van der Waals surface area (Å²) in [5.41, 5.74) is 5.90. The van der Waals surface area contributed by atoms with Crippen LogP contribution in [0.25, 0.3) is 0 Å². The third kappa shape index (κ3) is 3.03. The number of nitrogens with two attached hydrogens (primary N) is 1. The van der Waals surface area contributed by atoms with Crippen LogP contribution in [0.5, 0.6) is 5.75 Å². The van der Waals surface area contributed by atoms with Crippen molar-refractivity contribution < 1.29 is 18.7 Å². The first-order chi connectivity index (χ1) is 9.47. The monoisotopic (exact) mass is 278 g/mol. The number of hydrogen-bond donors (Lipinski definition) is 3. The van der Waals surface area contributed by atoms with Crippen LogP contribution in [-0.2, 0) is 6.54 Å². The Hall–Kier alpha value is -2.63. The molecule has 0 atom stereocenters. The van der Waals surface area contributed by atoms with Crippen LogP contribution in [0.1, 0.15) is 15.9 Å². The van der Waals surface area contributed by atoms with Crippen molar-refractivity contribution in [3.8, 4) is 5.75 Å². The lowest BCUT2D eigenvalue weighted by molar-refractivity contribution is 0.0996. The molecule has 20 heavy (non-hydrogen) atoms. The van der Waals surface area contributed by atoms with Gasteiger partial charge in [-0.15, -0.1) is 0 Å². The molecule has 1 amide bonds. The van der Waals surface area contributed by atoms with Crippen molar-refractivity contribution in [3.63, 3.8) is 0 Å². The topological polar surface area (TPSA) is 75.4 Å². The lowest BCUT2D eigenvalue weighted by Crippen LogP contribution is -2.13. The average molecular weight is 278 g/mol. The van der Waals surface area contributed by atoms with E-state index in [0.717, 1.165) is 6.07 Å². The van der Waals surface area contributed by atoms with Crippen molar-refractivity contribution in [1.82, 2.24) is 0 Å². The molecule has 0 aromatic heterocycles. The summed E-state index contributed by atoms with van der Waals surface area (Å²) in [6.07, 6.45) is 0. The molecule has 2 rings (SSSR count). The van der Waals surface area contributed by atoms with E-state index in [9.17, 15) is 13.6 Å². The third-order valence-corrected chi connectivity index (χ3v) is 2.74. The molecule has 0 heterocycles. The van der Waals surface area contributed by atoms with Crippen molar-refractivity contribution in [1.29, 1.82) is 0 Å². The first-order valence-electron chi connectivity index (χ1n) is 5.78. The van der Waals surface area contributed by atoms with Gasteiger partial charge in [0, 0.05) is 12.2 Å². The highest BCUT2D eigenvalue weighted by molar-refractivity contribution is 5.94. The summed E-state index contributed by atoms with van der Waals surface area (Å²) in [5, 5.41) is 12.0. The van der Waals surface area contributed by atoms with Crippen LogP contribution in [0.15, 0.2) is 36.4 Å². The number of carbonyl (C=O) groups is 1. The van der Waals surface area contributed by atoms with Gasteiger partial charge in [-0.05, 0) is 35.9 Å². The molecule has 0 saturated heterocycles. The second-order valence-corrected chi connectivity index (χ2v) is 4.20. The fourth-order valence-corrected chi connectivity index (χ4v) is 1.69. The van der Waals surface area contributed by atoms with Crippen molar-refractivity contribution in [2.45, 2.75) is 6.54 Å². The maximum atomic E-state index is 13.3. The van der Waals surface area contributed by atoms with Crippen LogP contribution in [0, 0.1) is 11.6 Å². The quantitative estimate of drug-likeness (QED) is 0.803. The summed E-state index contributed by atoms with van der Waals surface area (Å²) >= 11 is 0. The van der Waals surface area contributed by atoms with Gasteiger partial charge in [0.25, 0.3) is 5.91 Å². The van der Waals surface area contributed by atoms with E-state index in [1.54, 1.807) is 6.07 Å². The fourth-order valence-electron chi connectivity index (χ4n) is 1.69. The average Bonchev–Trinajstić information content (AvgIpc) is 2.41. The van der Waals surface area contributed by atoms with Gasteiger partial charge in [0.05, 0.1) is 5.56 Å². The molecule has 0 aliphatic carbocycles. The van der Waals surface area contributed by atoms with Crippen LogP contribution in [0.2, 0.25) is 0 Å². The molecule has 0 saturated carbocycles. The number of phenolic OH excluding ortho intramolecular Hbond substituents is 1. The molecule has 0 aliphatic heterocycles. The second kappa shape index (κ2) is 5.56. The summed E-state index contributed by atoms with van der Waals surface area (Å²) < 4.78 is 26.4. The zero-order chi connectivity index (χ0) is 14.7. The molecule has 0 radical (unpaired) electrons. The molecular weight excluding hydrogens is 266 g/mol. The highest BCUT2D eigenvalue weighted by atomic mass is 19.1. The van der Waals surface area contributed by atoms with Gasteiger partial charge in [-0.3, -0.25) is 4.79 Å². The van der Waals surface area contributed by atoms with Crippen LogP contribution in [0.3, 0.4) is 0 Å². The number of hydrogen-bond acceptors (Lipinski definition) is 3. The van der Waals surface area contributed by atoms with E-state index >= 15 is 0 Å². The molecule has 4 nitrogen and oxygen atoms in total. The van der Waals surface area contributed by atoms with E-state index in [1.807, 2.05) is 0 Å². The normalized spacial score (nSPS) is 10.3. The summed E-state index contributed by atoms with van der Waals surface area (Å²) in [5.74, 6) is -2.70. The molecule has 0 unspecified atom stereocenters. The van der Waals surface area contributed by atoms with E-state index in [4.69, 9.17) is 10.8 Å². The maximum Gasteiger partial charge on any atom is 0.251 e. The van der Waals surface area contributed by atoms with Gasteiger partial charge in [0.1, 0.15) is 5.82 Å². The number of rotatable bonds is 4. The molecule has 2 aromatic rings. The third-order valence-electron chi connectivity index (χ3n) is 2.74. The molecule has 0 bridgehead atoms. The number of halogens is 2. The summed E-state index contributed by atoms with van der Waals surface area (Å²) in [7, 11) is 0. The van der Waals surface area contributed by atoms with Crippen LogP contribution in [0.4, 0.5) is 14.5 Å². The number of anilines is 1. The SMILES string of the molecule is NC(=O)c1cc(NCc2ccc(O)c(F)c2)ccc1F. The molecule has 0 spiro atoms. The zero-order valence-electron chi connectivity index (χ0n) is 10.4. The lowest BCUT2D eigenvalue weighted by Gasteiger charge is -2.08. The molecule has 4 N–H and O–H groups in total. The number of primary amides is 1. The minimum Gasteiger partial charge on any atom is -0.505 e. The van der Waals surface area contributed by atoms with Crippen molar-refractivity contribution in [3.05, 3.63) is 59.2 Å². The first kappa shape index (κ1) is 13.8. The van der Waals surface area contributed by atoms with Gasteiger partial charge >= 0.3 is 0 Å². The number of phenols is 1. The minimum absolute atomic E-state index is 0.216. The predicted molar refractivity (Wildman–Crippen MR) is 70.3 cm³/mol. The molecule has 0 aliphatic rings. The molecule has 104 valence electrons. The Morgan fingerprint density at radius 1 is 1.15 bits per heavy atom. The highest BCUT2D eigenvalue weighted by Crippen LogP contribution is 2.18. The number of nitrogens with one attached hydrogen (secondary N) is 1. The summed E-state index contributed by atoms with van der Waals surface area (Å²) in [6.45, 7) is 0.251. The number of benzene rings is 2. The maximum absolute atomic E-state index is 13.3. The molecular formula is C14H12F2N2O2. The summed E-state index contributed by atoms with van der Waals surface area (Å²) in [6, 6.07) is 7.82. The Balaban J connectivity index is 2.12. The predicted octanol–water partition coefficient (Wildman–Crippen LogP) is 2.38. The van der Waals surface area contributed by atoms with E-state index in [-0.39, 0.29) is 12.1 Å². The van der Waals surface area contributed by atoms with Crippen molar-refractivity contribution >= 4 is 11.6 Å². The Morgan fingerprint density at radius 2 is 1.90 bits per heavy atom. The number of amides is 1. The number of aromatic hydroxyl groups is 1. The zero-order valence-corrected chi connectivity index (χ0v) is 10.4. The Kier molecular flexibility index (Phi) is 3.84. The Morgan fingerprint density at radius 3 is 2.55 bits per heavy atom.